The lowest BCUT2D eigenvalue weighted by molar-refractivity contribution is -0.0271. The lowest BCUT2D eigenvalue weighted by atomic mass is 9.92. The minimum Gasteiger partial charge on any atom is -0.390 e. The van der Waals surface area contributed by atoms with Crippen LogP contribution in [0.4, 0.5) is 5.82 Å². The third-order valence-electron chi connectivity index (χ3n) is 5.33. The predicted molar refractivity (Wildman–Crippen MR) is 103 cm³/mol. The van der Waals surface area contributed by atoms with Crippen molar-refractivity contribution in [1.29, 1.82) is 0 Å². The van der Waals surface area contributed by atoms with Gasteiger partial charge >= 0.3 is 0 Å². The molecule has 5 N–H and O–H groups in total. The average Bonchev–Trinajstić information content (AvgIpc) is 3.23. The second-order valence-electron chi connectivity index (χ2n) is 7.08. The number of hydrazine groups is 1. The van der Waals surface area contributed by atoms with Gasteiger partial charge in [-0.3, -0.25) is 5.01 Å². The molecule has 0 bridgehead atoms. The Kier molecular flexibility index (Phi) is 4.94. The van der Waals surface area contributed by atoms with Gasteiger partial charge in [0.25, 0.3) is 0 Å². The van der Waals surface area contributed by atoms with Crippen LogP contribution < -0.4 is 10.9 Å². The van der Waals surface area contributed by atoms with E-state index in [1.54, 1.807) is 42.2 Å². The summed E-state index contributed by atoms with van der Waals surface area (Å²) in [7, 11) is 1.66. The fraction of sp³-hybridized carbons (Fsp3) is 0.389. The molecule has 1 aromatic carbocycles. The van der Waals surface area contributed by atoms with Crippen LogP contribution in [0.15, 0.2) is 36.8 Å². The lowest BCUT2D eigenvalue weighted by Crippen LogP contribution is -2.31. The molecule has 9 nitrogen and oxygen atoms in total. The lowest BCUT2D eigenvalue weighted by Gasteiger charge is -2.22. The third kappa shape index (κ3) is 3.11. The first kappa shape index (κ1) is 19.0. The quantitative estimate of drug-likeness (QED) is 0.370. The van der Waals surface area contributed by atoms with Gasteiger partial charge in [-0.2, -0.15) is 5.10 Å². The summed E-state index contributed by atoms with van der Waals surface area (Å²) in [6, 6.07) is 6.22. The molecule has 1 saturated carbocycles. The standard InChI is InChI=1S/C18H21ClN6O3/c1-24(20)17-12-7-23-25(18(12)22-8-21-17)13-6-11(15(27)16(13)28)14(26)9-2-4-10(19)5-3-9/h2-5,7-8,11,13-16,26-28H,6,20H2,1H3/t11-,13-,14-,15-,16+/m1/s1. The molecule has 1 fully saturated rings. The van der Waals surface area contributed by atoms with Gasteiger partial charge in [0.1, 0.15) is 12.4 Å². The van der Waals surface area contributed by atoms with Crippen molar-refractivity contribution in [1.82, 2.24) is 19.7 Å². The van der Waals surface area contributed by atoms with E-state index in [-0.39, 0.29) is 0 Å². The summed E-state index contributed by atoms with van der Waals surface area (Å²) >= 11 is 5.90. The Hall–Kier alpha value is -2.30. The van der Waals surface area contributed by atoms with Crippen molar-refractivity contribution in [2.24, 2.45) is 11.8 Å². The average molecular weight is 405 g/mol. The predicted octanol–water partition coefficient (Wildman–Crippen LogP) is 0.806. The molecule has 10 heteroatoms. The highest BCUT2D eigenvalue weighted by Crippen LogP contribution is 2.43. The molecule has 28 heavy (non-hydrogen) atoms. The number of nitrogens with two attached hydrogens (primary N) is 1. The molecule has 4 rings (SSSR count). The first-order valence-corrected chi connectivity index (χ1v) is 9.22. The van der Waals surface area contributed by atoms with Gasteiger partial charge in [-0.1, -0.05) is 23.7 Å². The highest BCUT2D eigenvalue weighted by molar-refractivity contribution is 6.30. The maximum Gasteiger partial charge on any atom is 0.163 e. The first-order chi connectivity index (χ1) is 13.4. The number of anilines is 1. The molecule has 0 saturated heterocycles. The van der Waals surface area contributed by atoms with Crippen molar-refractivity contribution in [2.45, 2.75) is 30.8 Å². The summed E-state index contributed by atoms with van der Waals surface area (Å²) in [5.74, 6) is 5.73. The van der Waals surface area contributed by atoms with E-state index < -0.39 is 30.3 Å². The molecule has 5 atom stereocenters. The summed E-state index contributed by atoms with van der Waals surface area (Å²) in [5, 5.41) is 38.9. The van der Waals surface area contributed by atoms with Crippen LogP contribution in [0.3, 0.4) is 0 Å². The highest BCUT2D eigenvalue weighted by atomic mass is 35.5. The van der Waals surface area contributed by atoms with Crippen molar-refractivity contribution in [3.8, 4) is 0 Å². The number of hydrogen-bond acceptors (Lipinski definition) is 8. The number of aromatic nitrogens is 4. The number of aliphatic hydroxyl groups is 3. The van der Waals surface area contributed by atoms with Gasteiger partial charge in [0.05, 0.1) is 29.8 Å². The van der Waals surface area contributed by atoms with Gasteiger partial charge in [0.15, 0.2) is 11.5 Å². The minimum atomic E-state index is -1.12. The molecule has 0 radical (unpaired) electrons. The number of halogens is 1. The molecule has 0 aliphatic heterocycles. The fourth-order valence-electron chi connectivity index (χ4n) is 3.88. The van der Waals surface area contributed by atoms with Crippen LogP contribution in [-0.2, 0) is 0 Å². The Morgan fingerprint density at radius 2 is 1.93 bits per heavy atom. The Bertz CT molecular complexity index is 979. The highest BCUT2D eigenvalue weighted by Gasteiger charge is 2.46. The second-order valence-corrected chi connectivity index (χ2v) is 7.52. The van der Waals surface area contributed by atoms with E-state index in [0.717, 1.165) is 0 Å². The molecule has 0 spiro atoms. The van der Waals surface area contributed by atoms with E-state index >= 15 is 0 Å². The van der Waals surface area contributed by atoms with Crippen LogP contribution >= 0.6 is 11.6 Å². The summed E-state index contributed by atoms with van der Waals surface area (Å²) in [6.07, 6.45) is 0.0972. The van der Waals surface area contributed by atoms with Crippen molar-refractivity contribution >= 4 is 28.5 Å². The maximum absolute atomic E-state index is 10.8. The zero-order chi connectivity index (χ0) is 20.0. The number of benzene rings is 1. The number of hydrogen-bond donors (Lipinski definition) is 4. The van der Waals surface area contributed by atoms with Gasteiger partial charge < -0.3 is 15.3 Å². The van der Waals surface area contributed by atoms with E-state index in [0.29, 0.717) is 33.9 Å². The summed E-state index contributed by atoms with van der Waals surface area (Å²) in [6.45, 7) is 0. The summed E-state index contributed by atoms with van der Waals surface area (Å²) in [5.41, 5.74) is 1.13. The zero-order valence-corrected chi connectivity index (χ0v) is 15.8. The fourth-order valence-corrected chi connectivity index (χ4v) is 4.01. The van der Waals surface area contributed by atoms with Gasteiger partial charge in [-0.05, 0) is 24.1 Å². The molecule has 0 amide bonds. The molecular weight excluding hydrogens is 384 g/mol. The van der Waals surface area contributed by atoms with Crippen molar-refractivity contribution in [3.63, 3.8) is 0 Å². The number of rotatable bonds is 4. The molecule has 0 unspecified atom stereocenters. The second kappa shape index (κ2) is 7.26. The van der Waals surface area contributed by atoms with E-state index in [2.05, 4.69) is 15.1 Å². The van der Waals surface area contributed by atoms with Crippen molar-refractivity contribution in [2.75, 3.05) is 12.1 Å². The van der Waals surface area contributed by atoms with Gasteiger partial charge in [-0.15, -0.1) is 0 Å². The molecule has 1 aliphatic rings. The SMILES string of the molecule is CN(N)c1ncnc2c1cnn2[C@@H]1C[C@H]([C@H](O)c2ccc(Cl)cc2)[C@@H](O)[C@H]1O. The van der Waals surface area contributed by atoms with Gasteiger partial charge in [0.2, 0.25) is 0 Å². The number of fused-ring (bicyclic) bond motifs is 1. The van der Waals surface area contributed by atoms with Crippen molar-refractivity contribution < 1.29 is 15.3 Å². The van der Waals surface area contributed by atoms with Crippen LogP contribution in [0, 0.1) is 5.92 Å². The van der Waals surface area contributed by atoms with Crippen LogP contribution in [0.5, 0.6) is 0 Å². The Labute approximate surface area is 166 Å². The summed E-state index contributed by atoms with van der Waals surface area (Å²) < 4.78 is 1.56. The molecule has 2 aromatic heterocycles. The third-order valence-corrected chi connectivity index (χ3v) is 5.58. The normalized spacial score (nSPS) is 25.9. The Balaban J connectivity index is 1.66. The number of aliphatic hydroxyl groups excluding tert-OH is 3. The zero-order valence-electron chi connectivity index (χ0n) is 15.1. The van der Waals surface area contributed by atoms with Crippen LogP contribution in [-0.4, -0.2) is 54.3 Å². The monoisotopic (exact) mass is 404 g/mol. The largest absolute Gasteiger partial charge is 0.390 e. The molecule has 1 aliphatic carbocycles. The Morgan fingerprint density at radius 1 is 1.21 bits per heavy atom. The summed E-state index contributed by atoms with van der Waals surface area (Å²) in [4.78, 5) is 8.41. The maximum atomic E-state index is 10.8. The Morgan fingerprint density at radius 3 is 2.61 bits per heavy atom. The van der Waals surface area contributed by atoms with E-state index in [9.17, 15) is 15.3 Å². The van der Waals surface area contributed by atoms with Crippen molar-refractivity contribution in [3.05, 3.63) is 47.4 Å². The number of nitrogens with zero attached hydrogens (tertiary/aromatic N) is 5. The minimum absolute atomic E-state index is 0.320. The molecule has 3 aromatic rings. The van der Waals surface area contributed by atoms with Crippen LogP contribution in [0.2, 0.25) is 5.02 Å². The first-order valence-electron chi connectivity index (χ1n) is 8.84. The van der Waals surface area contributed by atoms with E-state index in [1.165, 1.54) is 11.3 Å². The van der Waals surface area contributed by atoms with E-state index in [4.69, 9.17) is 17.4 Å². The molecule has 148 valence electrons. The van der Waals surface area contributed by atoms with Crippen LogP contribution in [0.1, 0.15) is 24.1 Å². The molecular formula is C18H21ClN6O3. The van der Waals surface area contributed by atoms with Crippen LogP contribution in [0.25, 0.3) is 11.0 Å². The van der Waals surface area contributed by atoms with Gasteiger partial charge in [-0.25, -0.2) is 20.5 Å². The van der Waals surface area contributed by atoms with Gasteiger partial charge in [0, 0.05) is 18.0 Å². The smallest absolute Gasteiger partial charge is 0.163 e. The van der Waals surface area contributed by atoms with E-state index in [1.807, 2.05) is 0 Å². The molecule has 2 heterocycles. The topological polar surface area (TPSA) is 134 Å².